The third-order valence-corrected chi connectivity index (χ3v) is 3.23. The van der Waals surface area contributed by atoms with Gasteiger partial charge in [0.1, 0.15) is 11.9 Å². The Hall–Kier alpha value is -1.05. The summed E-state index contributed by atoms with van der Waals surface area (Å²) < 4.78 is 6.71. The van der Waals surface area contributed by atoms with E-state index < -0.39 is 5.97 Å². The zero-order valence-corrected chi connectivity index (χ0v) is 19.2. The molecule has 0 spiro atoms. The van der Waals surface area contributed by atoms with Gasteiger partial charge in [0.15, 0.2) is 0 Å². The Morgan fingerprint density at radius 3 is 2.46 bits per heavy atom. The van der Waals surface area contributed by atoms with Crippen molar-refractivity contribution in [2.24, 2.45) is 0 Å². The Bertz CT molecular complexity index is 529. The number of hydrogen-bond acceptors (Lipinski definition) is 4. The second-order valence-corrected chi connectivity index (χ2v) is 7.97. The van der Waals surface area contributed by atoms with E-state index in [9.17, 15) is 9.90 Å². The molecule has 1 unspecified atom stereocenters. The number of ether oxygens (including phenoxy) is 1. The van der Waals surface area contributed by atoms with E-state index in [0.717, 1.165) is 18.4 Å². The van der Waals surface area contributed by atoms with Crippen LogP contribution in [0.5, 0.6) is 0 Å². The minimum atomic E-state index is -0.412. The number of aliphatic hydroxyl groups is 1. The van der Waals surface area contributed by atoms with Crippen LogP contribution >= 0.6 is 0 Å². The van der Waals surface area contributed by atoms with Gasteiger partial charge in [-0.1, -0.05) is 39.3 Å². The van der Waals surface area contributed by atoms with E-state index in [0.29, 0.717) is 24.1 Å². The normalized spacial score (nSPS) is 16.4. The zero-order valence-electron chi connectivity index (χ0n) is 15.3. The second kappa shape index (κ2) is 13.3. The number of anilines is 1. The number of cyclic esters (lactones) is 1. The van der Waals surface area contributed by atoms with Gasteiger partial charge in [-0.05, 0) is 24.1 Å². The van der Waals surface area contributed by atoms with Crippen LogP contribution in [0, 0.1) is 0 Å². The summed E-state index contributed by atoms with van der Waals surface area (Å²) in [6.07, 6.45) is 2.28. The Labute approximate surface area is 162 Å². The number of carbonyl (C=O) groups excluding carboxylic acids is 1. The van der Waals surface area contributed by atoms with Crippen molar-refractivity contribution in [1.29, 1.82) is 0 Å². The van der Waals surface area contributed by atoms with Crippen molar-refractivity contribution in [1.82, 2.24) is 0 Å². The van der Waals surface area contributed by atoms with Crippen LogP contribution < -0.4 is 5.73 Å². The van der Waals surface area contributed by atoms with Gasteiger partial charge in [0.2, 0.25) is 0 Å². The average molecular weight is 528 g/mol. The number of hydrogen-bond donors (Lipinski definition) is 2. The summed E-state index contributed by atoms with van der Waals surface area (Å²) in [7, 11) is 0. The molecule has 0 fully saturated rings. The van der Waals surface area contributed by atoms with Crippen LogP contribution in [0.15, 0.2) is 35.6 Å². The monoisotopic (exact) mass is 528 g/mol. The van der Waals surface area contributed by atoms with E-state index in [1.165, 1.54) is 29.7 Å². The summed E-state index contributed by atoms with van der Waals surface area (Å²) in [4.78, 5) is 11.9. The molecule has 0 aliphatic carbocycles. The molecule has 1 aromatic rings. The first-order valence-electron chi connectivity index (χ1n) is 8.62. The molecule has 3 N–H and O–H groups in total. The van der Waals surface area contributed by atoms with Crippen molar-refractivity contribution in [3.05, 3.63) is 41.2 Å². The Kier molecular flexibility index (Phi) is 12.7. The van der Waals surface area contributed by atoms with Crippen molar-refractivity contribution in [3.8, 4) is 0 Å². The summed E-state index contributed by atoms with van der Waals surface area (Å²) in [5.74, 6) is -0.262. The maximum atomic E-state index is 11.9. The third kappa shape index (κ3) is 8.17. The predicted molar refractivity (Wildman–Crippen MR) is 101 cm³/mol. The van der Waals surface area contributed by atoms with E-state index >= 15 is 0 Å². The SMILES string of the molecule is CC.CCCC1CC(O)=C(Cc2cccc(N)c2)C(=O)O1.C[CH2][Pb]. The number of carbonyl (C=O) groups is 1. The molecule has 0 saturated heterocycles. The van der Waals surface area contributed by atoms with E-state index in [1.807, 2.05) is 32.9 Å². The molecule has 1 aromatic carbocycles. The molecule has 1 atom stereocenters. The van der Waals surface area contributed by atoms with Gasteiger partial charge in [0.25, 0.3) is 0 Å². The van der Waals surface area contributed by atoms with Crippen molar-refractivity contribution in [2.45, 2.75) is 63.5 Å². The number of nitrogens with two attached hydrogens (primary N) is 1. The number of benzene rings is 1. The van der Waals surface area contributed by atoms with Gasteiger partial charge in [0.05, 0.1) is 5.57 Å². The first kappa shape index (κ1) is 23.0. The van der Waals surface area contributed by atoms with Crippen molar-refractivity contribution < 1.29 is 14.6 Å². The van der Waals surface area contributed by atoms with Gasteiger partial charge >= 0.3 is 42.6 Å². The molecule has 0 bridgehead atoms. The van der Waals surface area contributed by atoms with E-state index in [4.69, 9.17) is 10.5 Å². The molecular weight excluding hydrogens is 497 g/mol. The molecule has 0 saturated carbocycles. The summed E-state index contributed by atoms with van der Waals surface area (Å²) in [6.45, 7) is 8.21. The second-order valence-electron chi connectivity index (χ2n) is 5.22. The van der Waals surface area contributed by atoms with Crippen LogP contribution in [0.3, 0.4) is 0 Å². The van der Waals surface area contributed by atoms with Gasteiger partial charge in [-0.25, -0.2) is 4.79 Å². The number of esters is 1. The molecule has 2 rings (SSSR count). The van der Waals surface area contributed by atoms with Crippen LogP contribution in [-0.4, -0.2) is 42.9 Å². The third-order valence-electron chi connectivity index (χ3n) is 3.23. The maximum absolute atomic E-state index is 11.9. The molecule has 0 amide bonds. The Morgan fingerprint density at radius 2 is 1.96 bits per heavy atom. The fourth-order valence-electron chi connectivity index (χ4n) is 2.29. The van der Waals surface area contributed by atoms with Crippen LogP contribution in [0.1, 0.15) is 52.5 Å². The van der Waals surface area contributed by atoms with Gasteiger partial charge < -0.3 is 15.6 Å². The molecule has 1 aliphatic heterocycles. The minimum absolute atomic E-state index is 0.150. The van der Waals surface area contributed by atoms with Gasteiger partial charge in [0, 0.05) is 18.5 Å². The standard InChI is InChI=1S/C15H19NO3.C2H6.C2H5.Pb/c1-2-4-12-9-14(17)13(15(18)19-12)8-10-5-3-6-11(16)7-10;2*1-2;/h3,5-7,12,17H,2,4,8-9,16H2,1H3;1-2H3;1H2,2H3;. The fraction of sp³-hybridized carbons (Fsp3) is 0.526. The topological polar surface area (TPSA) is 72.5 Å². The molecule has 24 heavy (non-hydrogen) atoms. The number of nitrogen functional groups attached to an aromatic ring is 1. The van der Waals surface area contributed by atoms with Gasteiger partial charge in [-0.2, -0.15) is 0 Å². The zero-order chi connectivity index (χ0) is 18.5. The summed E-state index contributed by atoms with van der Waals surface area (Å²) >= 11 is 1.37. The fourth-order valence-corrected chi connectivity index (χ4v) is 2.29. The number of rotatable bonds is 4. The van der Waals surface area contributed by atoms with Crippen molar-refractivity contribution >= 4 is 37.4 Å². The van der Waals surface area contributed by atoms with Gasteiger partial charge in [-0.3, -0.25) is 0 Å². The Balaban J connectivity index is 0.000000952. The molecule has 3 radical (unpaired) electrons. The molecule has 1 aliphatic rings. The molecule has 4 nitrogen and oxygen atoms in total. The molecule has 1 heterocycles. The van der Waals surface area contributed by atoms with Crippen LogP contribution in [0.25, 0.3) is 0 Å². The molecular formula is C19H30NO3Pb. The van der Waals surface area contributed by atoms with Crippen molar-refractivity contribution in [2.75, 3.05) is 5.73 Å². The molecule has 5 heteroatoms. The van der Waals surface area contributed by atoms with E-state index in [-0.39, 0.29) is 11.9 Å². The Morgan fingerprint density at radius 1 is 1.33 bits per heavy atom. The van der Waals surface area contributed by atoms with Crippen LogP contribution in [0.2, 0.25) is 3.98 Å². The first-order chi connectivity index (χ1) is 11.5. The number of aliphatic hydroxyl groups excluding tert-OH is 1. The summed E-state index contributed by atoms with van der Waals surface area (Å²) in [5.41, 5.74) is 7.59. The quantitative estimate of drug-likeness (QED) is 0.347. The van der Waals surface area contributed by atoms with Crippen molar-refractivity contribution in [3.63, 3.8) is 0 Å². The van der Waals surface area contributed by atoms with E-state index in [1.54, 1.807) is 12.1 Å². The first-order valence-corrected chi connectivity index (χ1v) is 11.4. The van der Waals surface area contributed by atoms with Gasteiger partial charge in [-0.15, -0.1) is 0 Å². The average Bonchev–Trinajstić information content (AvgIpc) is 2.54. The summed E-state index contributed by atoms with van der Waals surface area (Å²) in [5, 5.41) is 10.0. The van der Waals surface area contributed by atoms with Crippen LogP contribution in [-0.2, 0) is 16.0 Å². The molecule has 133 valence electrons. The van der Waals surface area contributed by atoms with E-state index in [2.05, 4.69) is 6.92 Å². The van der Waals surface area contributed by atoms with Crippen LogP contribution in [0.4, 0.5) is 5.69 Å². The summed E-state index contributed by atoms with van der Waals surface area (Å²) in [6, 6.07) is 7.29. The molecule has 0 aromatic heterocycles. The predicted octanol–water partition coefficient (Wildman–Crippen LogP) is 4.36.